The number of ether oxygens (including phenoxy) is 1. The van der Waals surface area contributed by atoms with E-state index in [4.69, 9.17) is 16.0 Å². The summed E-state index contributed by atoms with van der Waals surface area (Å²) in [5.74, 6) is -0.291. The molecule has 0 unspecified atom stereocenters. The van der Waals surface area contributed by atoms with Crippen molar-refractivity contribution in [3.63, 3.8) is 0 Å². The largest absolute Gasteiger partial charge is 0.463 e. The molecule has 0 fully saturated rings. The van der Waals surface area contributed by atoms with Gasteiger partial charge in [-0.15, -0.1) is 0 Å². The minimum absolute atomic E-state index is 0.202. The number of nitrogens with zero attached hydrogens (tertiary/aromatic N) is 1. The molecule has 2 rings (SSSR count). The Morgan fingerprint density at radius 1 is 1.58 bits per heavy atom. The van der Waals surface area contributed by atoms with Gasteiger partial charge in [0, 0.05) is 12.1 Å². The summed E-state index contributed by atoms with van der Waals surface area (Å²) >= 11 is 5.85. The van der Waals surface area contributed by atoms with Crippen LogP contribution in [-0.2, 0) is 11.3 Å². The zero-order valence-electron chi connectivity index (χ0n) is 10.6. The van der Waals surface area contributed by atoms with E-state index in [-0.39, 0.29) is 5.76 Å². The standard InChI is InChI=1S/C13H13ClN2O3/c1-8-5-10(7-16-12(8)14)15-6-9-3-4-19-11(9)13(17)18-2/h3-5,7,15H,6H2,1-2H3. The van der Waals surface area contributed by atoms with Crippen molar-refractivity contribution in [2.75, 3.05) is 12.4 Å². The molecule has 6 heteroatoms. The molecule has 0 bridgehead atoms. The van der Waals surface area contributed by atoms with Crippen molar-refractivity contribution in [2.24, 2.45) is 0 Å². The van der Waals surface area contributed by atoms with E-state index >= 15 is 0 Å². The highest BCUT2D eigenvalue weighted by Crippen LogP contribution is 2.18. The van der Waals surface area contributed by atoms with Gasteiger partial charge >= 0.3 is 5.97 Å². The van der Waals surface area contributed by atoms with E-state index in [1.165, 1.54) is 13.4 Å². The number of aromatic nitrogens is 1. The van der Waals surface area contributed by atoms with Crippen molar-refractivity contribution in [3.8, 4) is 0 Å². The van der Waals surface area contributed by atoms with Crippen LogP contribution in [0.1, 0.15) is 21.7 Å². The van der Waals surface area contributed by atoms with Crippen molar-refractivity contribution in [2.45, 2.75) is 13.5 Å². The predicted molar refractivity (Wildman–Crippen MR) is 71.4 cm³/mol. The van der Waals surface area contributed by atoms with Crippen molar-refractivity contribution >= 4 is 23.3 Å². The van der Waals surface area contributed by atoms with Crippen LogP contribution >= 0.6 is 11.6 Å². The first-order chi connectivity index (χ1) is 9.11. The SMILES string of the molecule is COC(=O)c1occc1CNc1cnc(Cl)c(C)c1. The van der Waals surface area contributed by atoms with Gasteiger partial charge < -0.3 is 14.5 Å². The number of carbonyl (C=O) groups is 1. The van der Waals surface area contributed by atoms with E-state index in [1.807, 2.05) is 13.0 Å². The fourth-order valence-corrected chi connectivity index (χ4v) is 1.70. The van der Waals surface area contributed by atoms with Crippen molar-refractivity contribution in [1.29, 1.82) is 0 Å². The number of carbonyl (C=O) groups excluding carboxylic acids is 1. The summed E-state index contributed by atoms with van der Waals surface area (Å²) in [6, 6.07) is 3.60. The van der Waals surface area contributed by atoms with Crippen LogP contribution in [0.2, 0.25) is 5.15 Å². The van der Waals surface area contributed by atoms with Crippen molar-refractivity contribution < 1.29 is 13.9 Å². The summed E-state index contributed by atoms with van der Waals surface area (Å²) in [5, 5.41) is 3.62. The van der Waals surface area contributed by atoms with Gasteiger partial charge in [-0.1, -0.05) is 11.6 Å². The van der Waals surface area contributed by atoms with E-state index in [0.29, 0.717) is 11.7 Å². The predicted octanol–water partition coefficient (Wildman–Crippen LogP) is 3.04. The van der Waals surface area contributed by atoms with Crippen LogP contribution in [0.5, 0.6) is 0 Å². The monoisotopic (exact) mass is 280 g/mol. The second kappa shape index (κ2) is 5.75. The molecule has 2 heterocycles. The number of esters is 1. The number of furan rings is 1. The smallest absolute Gasteiger partial charge is 0.374 e. The summed E-state index contributed by atoms with van der Waals surface area (Å²) in [6.07, 6.45) is 3.09. The maximum Gasteiger partial charge on any atom is 0.374 e. The zero-order chi connectivity index (χ0) is 13.8. The molecule has 0 radical (unpaired) electrons. The Labute approximate surface area is 115 Å². The van der Waals surface area contributed by atoms with Crippen LogP contribution in [0, 0.1) is 6.92 Å². The Kier molecular flexibility index (Phi) is 4.06. The van der Waals surface area contributed by atoms with Gasteiger partial charge in [-0.2, -0.15) is 0 Å². The first-order valence-corrected chi connectivity index (χ1v) is 6.00. The Morgan fingerprint density at radius 3 is 3.05 bits per heavy atom. The van der Waals surface area contributed by atoms with Crippen LogP contribution in [-0.4, -0.2) is 18.1 Å². The third-order valence-electron chi connectivity index (χ3n) is 2.61. The van der Waals surface area contributed by atoms with Gasteiger partial charge in [-0.3, -0.25) is 0 Å². The molecule has 0 atom stereocenters. The second-order valence-corrected chi connectivity index (χ2v) is 4.31. The molecule has 100 valence electrons. The molecule has 0 spiro atoms. The van der Waals surface area contributed by atoms with Gasteiger partial charge in [0.1, 0.15) is 5.15 Å². The van der Waals surface area contributed by atoms with E-state index in [0.717, 1.165) is 16.8 Å². The molecule has 0 saturated heterocycles. The molecule has 19 heavy (non-hydrogen) atoms. The number of hydrogen-bond donors (Lipinski definition) is 1. The lowest BCUT2D eigenvalue weighted by atomic mass is 10.2. The van der Waals surface area contributed by atoms with Crippen LogP contribution in [0.25, 0.3) is 0 Å². The molecule has 2 aromatic rings. The minimum Gasteiger partial charge on any atom is -0.463 e. The number of aryl methyl sites for hydroxylation is 1. The highest BCUT2D eigenvalue weighted by atomic mass is 35.5. The van der Waals surface area contributed by atoms with Gasteiger partial charge in [0.05, 0.1) is 25.3 Å². The van der Waals surface area contributed by atoms with Crippen LogP contribution in [0.3, 0.4) is 0 Å². The third kappa shape index (κ3) is 3.06. The summed E-state index contributed by atoms with van der Waals surface area (Å²) in [6.45, 7) is 2.31. The summed E-state index contributed by atoms with van der Waals surface area (Å²) in [4.78, 5) is 15.5. The number of halogens is 1. The number of methoxy groups -OCH3 is 1. The molecular weight excluding hydrogens is 268 g/mol. The van der Waals surface area contributed by atoms with E-state index in [2.05, 4.69) is 15.0 Å². The molecule has 0 saturated carbocycles. The average Bonchev–Trinajstić information content (AvgIpc) is 2.87. The maximum absolute atomic E-state index is 11.4. The Hall–Kier alpha value is -2.01. The topological polar surface area (TPSA) is 64.4 Å². The van der Waals surface area contributed by atoms with Gasteiger partial charge in [0.25, 0.3) is 0 Å². The van der Waals surface area contributed by atoms with Crippen molar-refractivity contribution in [1.82, 2.24) is 4.98 Å². The van der Waals surface area contributed by atoms with Crippen molar-refractivity contribution in [3.05, 3.63) is 46.6 Å². The number of rotatable bonds is 4. The molecule has 0 aliphatic carbocycles. The van der Waals surface area contributed by atoms with E-state index in [1.54, 1.807) is 12.3 Å². The fourth-order valence-electron chi connectivity index (χ4n) is 1.60. The third-order valence-corrected chi connectivity index (χ3v) is 3.01. The molecular formula is C13H13ClN2O3. The van der Waals surface area contributed by atoms with Gasteiger partial charge in [-0.05, 0) is 24.6 Å². The summed E-state index contributed by atoms with van der Waals surface area (Å²) in [7, 11) is 1.31. The van der Waals surface area contributed by atoms with Gasteiger partial charge in [-0.25, -0.2) is 9.78 Å². The Balaban J connectivity index is 2.08. The first kappa shape index (κ1) is 13.4. The molecule has 1 N–H and O–H groups in total. The molecule has 0 amide bonds. The second-order valence-electron chi connectivity index (χ2n) is 3.95. The number of hydrogen-bond acceptors (Lipinski definition) is 5. The molecule has 0 aliphatic heterocycles. The molecule has 2 aromatic heterocycles. The van der Waals surface area contributed by atoms with Crippen LogP contribution in [0.15, 0.2) is 29.0 Å². The maximum atomic E-state index is 11.4. The fraction of sp³-hybridized carbons (Fsp3) is 0.231. The summed E-state index contributed by atoms with van der Waals surface area (Å²) in [5.41, 5.74) is 2.42. The molecule has 5 nitrogen and oxygen atoms in total. The van der Waals surface area contributed by atoms with E-state index < -0.39 is 5.97 Å². The Bertz CT molecular complexity index is 595. The van der Waals surface area contributed by atoms with Gasteiger partial charge in [0.15, 0.2) is 0 Å². The van der Waals surface area contributed by atoms with Crippen LogP contribution in [0.4, 0.5) is 5.69 Å². The average molecular weight is 281 g/mol. The molecule has 0 aliphatic rings. The lowest BCUT2D eigenvalue weighted by Gasteiger charge is -2.07. The van der Waals surface area contributed by atoms with Gasteiger partial charge in [0.2, 0.25) is 5.76 Å². The highest BCUT2D eigenvalue weighted by Gasteiger charge is 2.15. The lowest BCUT2D eigenvalue weighted by molar-refractivity contribution is 0.0563. The van der Waals surface area contributed by atoms with Crippen LogP contribution < -0.4 is 5.32 Å². The number of pyridine rings is 1. The van der Waals surface area contributed by atoms with E-state index in [9.17, 15) is 4.79 Å². The quantitative estimate of drug-likeness (QED) is 0.689. The lowest BCUT2D eigenvalue weighted by Crippen LogP contribution is -2.07. The first-order valence-electron chi connectivity index (χ1n) is 5.62. The minimum atomic E-state index is -0.493. The number of nitrogens with one attached hydrogen (secondary N) is 1. The highest BCUT2D eigenvalue weighted by molar-refractivity contribution is 6.30. The zero-order valence-corrected chi connectivity index (χ0v) is 11.3. The molecule has 0 aromatic carbocycles. The summed E-state index contributed by atoms with van der Waals surface area (Å²) < 4.78 is 9.73. The Morgan fingerprint density at radius 2 is 2.37 bits per heavy atom. The number of anilines is 1. The normalized spacial score (nSPS) is 10.3.